The lowest BCUT2D eigenvalue weighted by Crippen LogP contribution is -2.25. The molecule has 1 aliphatic heterocycles. The molecule has 0 amide bonds. The van der Waals surface area contributed by atoms with Crippen LogP contribution in [0.1, 0.15) is 11.3 Å². The van der Waals surface area contributed by atoms with Gasteiger partial charge in [-0.05, 0) is 13.0 Å². The Kier molecular flexibility index (Phi) is 1.83. The zero-order valence-corrected chi connectivity index (χ0v) is 8.80. The van der Waals surface area contributed by atoms with Crippen molar-refractivity contribution in [3.63, 3.8) is 0 Å². The molecule has 0 atom stereocenters. The molecule has 1 aromatic heterocycles. The van der Waals surface area contributed by atoms with Crippen LogP contribution in [-0.4, -0.2) is 9.55 Å². The summed E-state index contributed by atoms with van der Waals surface area (Å²) in [7, 11) is 0. The Morgan fingerprint density at radius 1 is 1.38 bits per heavy atom. The van der Waals surface area contributed by atoms with E-state index < -0.39 is 0 Å². The Morgan fingerprint density at radius 2 is 2.19 bits per heavy atom. The first-order valence-corrected chi connectivity index (χ1v) is 5.08. The molecular weight excluding hydrogens is 204 g/mol. The molecule has 80 valence electrons. The molecule has 1 aliphatic rings. The van der Waals surface area contributed by atoms with Gasteiger partial charge in [0, 0.05) is 17.3 Å². The number of para-hydroxylation sites is 1. The second kappa shape index (κ2) is 3.20. The van der Waals surface area contributed by atoms with Gasteiger partial charge in [0.1, 0.15) is 5.75 Å². The Labute approximate surface area is 92.1 Å². The summed E-state index contributed by atoms with van der Waals surface area (Å²) in [5.74, 6) is 0.778. The quantitative estimate of drug-likeness (QED) is 0.572. The van der Waals surface area contributed by atoms with E-state index in [1.54, 1.807) is 6.92 Å². The Balaban J connectivity index is 2.19. The number of fused-ring (bicyclic) bond motifs is 2. The molecule has 16 heavy (non-hydrogen) atoms. The predicted molar refractivity (Wildman–Crippen MR) is 58.9 cm³/mol. The third-order valence-corrected chi connectivity index (χ3v) is 2.60. The van der Waals surface area contributed by atoms with E-state index in [1.807, 2.05) is 24.3 Å². The number of nitrogens with zero attached hydrogens (tertiary/aromatic N) is 2. The molecule has 1 aromatic carbocycles. The van der Waals surface area contributed by atoms with E-state index in [0.717, 1.165) is 11.3 Å². The molecule has 0 radical (unpaired) electrons. The minimum absolute atomic E-state index is 0.0722. The van der Waals surface area contributed by atoms with Crippen LogP contribution in [0.4, 0.5) is 0 Å². The van der Waals surface area contributed by atoms with E-state index in [4.69, 9.17) is 4.74 Å². The number of aryl methyl sites for hydroxylation is 1. The second-order valence-corrected chi connectivity index (χ2v) is 3.81. The van der Waals surface area contributed by atoms with E-state index in [1.165, 1.54) is 10.6 Å². The van der Waals surface area contributed by atoms with Crippen molar-refractivity contribution in [1.82, 2.24) is 9.55 Å². The van der Waals surface area contributed by atoms with Gasteiger partial charge in [-0.3, -0.25) is 9.36 Å². The SMILES string of the molecule is Cc1cc(=O)n2c(n1)Oc1ccccc1C2. The molecule has 0 unspecified atom stereocenters. The van der Waals surface area contributed by atoms with Crippen molar-refractivity contribution in [3.8, 4) is 11.8 Å². The molecule has 0 saturated carbocycles. The van der Waals surface area contributed by atoms with Gasteiger partial charge in [-0.1, -0.05) is 18.2 Å². The van der Waals surface area contributed by atoms with Gasteiger partial charge in [0.25, 0.3) is 5.56 Å². The van der Waals surface area contributed by atoms with Crippen LogP contribution in [0, 0.1) is 6.92 Å². The molecule has 0 fully saturated rings. The van der Waals surface area contributed by atoms with Gasteiger partial charge in [0.15, 0.2) is 0 Å². The Bertz CT molecular complexity index is 617. The summed E-state index contributed by atoms with van der Waals surface area (Å²) in [6, 6.07) is 9.56. The van der Waals surface area contributed by atoms with Crippen molar-refractivity contribution < 1.29 is 4.74 Å². The molecule has 2 heterocycles. The van der Waals surface area contributed by atoms with Gasteiger partial charge in [-0.15, -0.1) is 0 Å². The van der Waals surface area contributed by atoms with Crippen LogP contribution in [0.3, 0.4) is 0 Å². The third-order valence-electron chi connectivity index (χ3n) is 2.60. The first kappa shape index (κ1) is 9.15. The van der Waals surface area contributed by atoms with E-state index >= 15 is 0 Å². The van der Waals surface area contributed by atoms with Crippen LogP contribution >= 0.6 is 0 Å². The van der Waals surface area contributed by atoms with Gasteiger partial charge in [0.2, 0.25) is 0 Å². The van der Waals surface area contributed by atoms with Crippen LogP contribution in [0.5, 0.6) is 11.8 Å². The van der Waals surface area contributed by atoms with Crippen LogP contribution in [0.25, 0.3) is 0 Å². The maximum Gasteiger partial charge on any atom is 0.305 e. The van der Waals surface area contributed by atoms with Crippen molar-refractivity contribution in [3.05, 3.63) is 51.9 Å². The maximum atomic E-state index is 11.7. The largest absolute Gasteiger partial charge is 0.425 e. The van der Waals surface area contributed by atoms with E-state index in [2.05, 4.69) is 4.98 Å². The summed E-state index contributed by atoms with van der Waals surface area (Å²) in [6.07, 6.45) is 0. The highest BCUT2D eigenvalue weighted by atomic mass is 16.5. The van der Waals surface area contributed by atoms with Crippen LogP contribution in [-0.2, 0) is 6.54 Å². The minimum atomic E-state index is -0.0722. The van der Waals surface area contributed by atoms with E-state index in [-0.39, 0.29) is 5.56 Å². The van der Waals surface area contributed by atoms with Gasteiger partial charge >= 0.3 is 6.01 Å². The number of ether oxygens (including phenoxy) is 1. The molecule has 4 nitrogen and oxygen atoms in total. The summed E-state index contributed by atoms with van der Waals surface area (Å²) in [5, 5.41) is 0. The predicted octanol–water partition coefficient (Wildman–Crippen LogP) is 1.71. The summed E-state index contributed by atoms with van der Waals surface area (Å²) < 4.78 is 7.13. The monoisotopic (exact) mass is 214 g/mol. The number of aromatic nitrogens is 2. The van der Waals surface area contributed by atoms with Crippen LogP contribution < -0.4 is 10.3 Å². The first-order chi connectivity index (χ1) is 7.74. The summed E-state index contributed by atoms with van der Waals surface area (Å²) in [5.41, 5.74) is 1.61. The molecule has 0 spiro atoms. The summed E-state index contributed by atoms with van der Waals surface area (Å²) in [4.78, 5) is 16.0. The Hall–Kier alpha value is -2.10. The third kappa shape index (κ3) is 1.31. The molecular formula is C12H10N2O2. The fourth-order valence-electron chi connectivity index (χ4n) is 1.82. The Morgan fingerprint density at radius 3 is 3.06 bits per heavy atom. The lowest BCUT2D eigenvalue weighted by atomic mass is 10.2. The molecule has 0 N–H and O–H groups in total. The topological polar surface area (TPSA) is 44.1 Å². The average Bonchev–Trinajstić information content (AvgIpc) is 2.27. The molecule has 4 heteroatoms. The van der Waals surface area contributed by atoms with Crippen LogP contribution in [0.2, 0.25) is 0 Å². The zero-order valence-electron chi connectivity index (χ0n) is 8.80. The first-order valence-electron chi connectivity index (χ1n) is 5.08. The lowest BCUT2D eigenvalue weighted by Gasteiger charge is -2.20. The van der Waals surface area contributed by atoms with Gasteiger partial charge < -0.3 is 4.74 Å². The normalized spacial score (nSPS) is 12.6. The highest BCUT2D eigenvalue weighted by Gasteiger charge is 2.18. The maximum absolute atomic E-state index is 11.7. The van der Waals surface area contributed by atoms with Crippen molar-refractivity contribution >= 4 is 0 Å². The molecule has 0 aliphatic carbocycles. The minimum Gasteiger partial charge on any atom is -0.425 e. The smallest absolute Gasteiger partial charge is 0.305 e. The second-order valence-electron chi connectivity index (χ2n) is 3.81. The number of hydrogen-bond donors (Lipinski definition) is 0. The van der Waals surface area contributed by atoms with Gasteiger partial charge in [-0.2, -0.15) is 0 Å². The van der Waals surface area contributed by atoms with Crippen molar-refractivity contribution in [2.24, 2.45) is 0 Å². The summed E-state index contributed by atoms with van der Waals surface area (Å²) >= 11 is 0. The number of benzene rings is 1. The average molecular weight is 214 g/mol. The zero-order chi connectivity index (χ0) is 11.1. The lowest BCUT2D eigenvalue weighted by molar-refractivity contribution is 0.374. The van der Waals surface area contributed by atoms with E-state index in [0.29, 0.717) is 18.2 Å². The van der Waals surface area contributed by atoms with Crippen molar-refractivity contribution in [1.29, 1.82) is 0 Å². The number of hydrogen-bond acceptors (Lipinski definition) is 3. The van der Waals surface area contributed by atoms with Gasteiger partial charge in [-0.25, -0.2) is 4.98 Å². The fraction of sp³-hybridized carbons (Fsp3) is 0.167. The standard InChI is InChI=1S/C12H10N2O2/c1-8-6-11(15)14-7-9-4-2-3-5-10(9)16-12(14)13-8/h2-6H,7H2,1H3. The fourth-order valence-corrected chi connectivity index (χ4v) is 1.82. The van der Waals surface area contributed by atoms with Crippen molar-refractivity contribution in [2.75, 3.05) is 0 Å². The molecule has 0 bridgehead atoms. The number of rotatable bonds is 0. The van der Waals surface area contributed by atoms with Crippen LogP contribution in [0.15, 0.2) is 35.1 Å². The highest BCUT2D eigenvalue weighted by Crippen LogP contribution is 2.28. The summed E-state index contributed by atoms with van der Waals surface area (Å²) in [6.45, 7) is 2.31. The van der Waals surface area contributed by atoms with E-state index in [9.17, 15) is 4.79 Å². The van der Waals surface area contributed by atoms with Crippen molar-refractivity contribution in [2.45, 2.75) is 13.5 Å². The van der Waals surface area contributed by atoms with Gasteiger partial charge in [0.05, 0.1) is 6.54 Å². The molecule has 3 rings (SSSR count). The molecule has 2 aromatic rings. The highest BCUT2D eigenvalue weighted by molar-refractivity contribution is 5.38. The molecule has 0 saturated heterocycles.